The molecular formula is C20H30N4O2. The van der Waals surface area contributed by atoms with E-state index in [1.807, 2.05) is 13.8 Å². The molecule has 1 saturated carbocycles. The van der Waals surface area contributed by atoms with Crippen molar-refractivity contribution in [2.45, 2.75) is 39.2 Å². The van der Waals surface area contributed by atoms with Crippen LogP contribution < -0.4 is 16.0 Å². The molecule has 3 atom stereocenters. The fourth-order valence-electron chi connectivity index (χ4n) is 4.17. The number of carbonyl (C=O) groups is 2. The normalized spacial score (nSPS) is 24.6. The summed E-state index contributed by atoms with van der Waals surface area (Å²) in [6.07, 6.45) is 3.29. The molecule has 6 nitrogen and oxygen atoms in total. The molecule has 0 radical (unpaired) electrons. The predicted molar refractivity (Wildman–Crippen MR) is 103 cm³/mol. The molecule has 0 bridgehead atoms. The van der Waals surface area contributed by atoms with Gasteiger partial charge >= 0.3 is 6.03 Å². The van der Waals surface area contributed by atoms with Crippen LogP contribution in [0.2, 0.25) is 0 Å². The van der Waals surface area contributed by atoms with Gasteiger partial charge in [0.2, 0.25) is 0 Å². The number of anilines is 1. The Balaban J connectivity index is 1.50. The van der Waals surface area contributed by atoms with Crippen LogP contribution >= 0.6 is 0 Å². The summed E-state index contributed by atoms with van der Waals surface area (Å²) in [7, 11) is 0. The van der Waals surface area contributed by atoms with Gasteiger partial charge in [-0.1, -0.05) is 0 Å². The van der Waals surface area contributed by atoms with E-state index in [1.54, 1.807) is 29.2 Å². The third kappa shape index (κ3) is 4.36. The largest absolute Gasteiger partial charge is 0.339 e. The summed E-state index contributed by atoms with van der Waals surface area (Å²) < 4.78 is 0. The summed E-state index contributed by atoms with van der Waals surface area (Å²) in [6.45, 7) is 7.52. The number of hydrogen-bond acceptors (Lipinski definition) is 3. The number of carbonyl (C=O) groups excluding carboxylic acids is 2. The number of rotatable bonds is 5. The van der Waals surface area contributed by atoms with Gasteiger partial charge in [0, 0.05) is 30.4 Å². The molecule has 0 spiro atoms. The smallest absolute Gasteiger partial charge is 0.319 e. The number of benzene rings is 1. The first-order chi connectivity index (χ1) is 12.6. The summed E-state index contributed by atoms with van der Waals surface area (Å²) in [4.78, 5) is 26.4. The fraction of sp³-hybridized carbons (Fsp3) is 0.600. The quantitative estimate of drug-likeness (QED) is 0.758. The van der Waals surface area contributed by atoms with Gasteiger partial charge in [0.05, 0.1) is 0 Å². The summed E-state index contributed by atoms with van der Waals surface area (Å²) in [5, 5.41) is 9.43. The fourth-order valence-corrected chi connectivity index (χ4v) is 4.17. The highest BCUT2D eigenvalue weighted by molar-refractivity contribution is 5.95. The van der Waals surface area contributed by atoms with Gasteiger partial charge in [-0.3, -0.25) is 4.79 Å². The van der Waals surface area contributed by atoms with Crippen LogP contribution in [0.15, 0.2) is 24.3 Å². The lowest BCUT2D eigenvalue weighted by Gasteiger charge is -2.31. The number of nitrogens with zero attached hydrogens (tertiary/aromatic N) is 1. The lowest BCUT2D eigenvalue weighted by atomic mass is 9.79. The van der Waals surface area contributed by atoms with Gasteiger partial charge in [0.15, 0.2) is 0 Å². The molecule has 0 aromatic heterocycles. The van der Waals surface area contributed by atoms with E-state index in [4.69, 9.17) is 0 Å². The molecule has 26 heavy (non-hydrogen) atoms. The second-order valence-electron chi connectivity index (χ2n) is 7.34. The average Bonchev–Trinajstić information content (AvgIpc) is 3.11. The molecule has 142 valence electrons. The highest BCUT2D eigenvalue weighted by Crippen LogP contribution is 2.32. The first-order valence-electron chi connectivity index (χ1n) is 9.78. The van der Waals surface area contributed by atoms with Crippen molar-refractivity contribution in [3.8, 4) is 0 Å². The van der Waals surface area contributed by atoms with Gasteiger partial charge in [-0.25, -0.2) is 4.79 Å². The standard InChI is InChI=1S/C20H30N4O2/c1-3-24(4-2)19(25)14-5-8-17(9-6-14)22-20(26)23-18-10-7-15-12-21-13-16(15)11-18/h5-6,8-9,15-16,18,21H,3-4,7,10-13H2,1-2H3,(H2,22,23,26). The van der Waals surface area contributed by atoms with E-state index in [9.17, 15) is 9.59 Å². The van der Waals surface area contributed by atoms with Crippen LogP contribution in [-0.2, 0) is 0 Å². The van der Waals surface area contributed by atoms with Crippen LogP contribution in [0, 0.1) is 11.8 Å². The molecule has 3 amide bonds. The third-order valence-electron chi connectivity index (χ3n) is 5.73. The molecule has 1 heterocycles. The summed E-state index contributed by atoms with van der Waals surface area (Å²) in [5.74, 6) is 1.50. The SMILES string of the molecule is CCN(CC)C(=O)c1ccc(NC(=O)NC2CCC3CNCC3C2)cc1. The van der Waals surface area contributed by atoms with Crippen molar-refractivity contribution in [3.05, 3.63) is 29.8 Å². The van der Waals surface area contributed by atoms with Gasteiger partial charge in [0.25, 0.3) is 5.91 Å². The number of amides is 3. The summed E-state index contributed by atoms with van der Waals surface area (Å²) in [5.41, 5.74) is 1.35. The highest BCUT2D eigenvalue weighted by Gasteiger charge is 2.34. The average molecular weight is 358 g/mol. The van der Waals surface area contributed by atoms with Crippen molar-refractivity contribution in [3.63, 3.8) is 0 Å². The van der Waals surface area contributed by atoms with E-state index in [2.05, 4.69) is 16.0 Å². The zero-order chi connectivity index (χ0) is 18.5. The van der Waals surface area contributed by atoms with Gasteiger partial charge < -0.3 is 20.9 Å². The Morgan fingerprint density at radius 1 is 1.08 bits per heavy atom. The minimum absolute atomic E-state index is 0.0212. The van der Waals surface area contributed by atoms with Crippen molar-refractivity contribution in [1.29, 1.82) is 0 Å². The summed E-state index contributed by atoms with van der Waals surface area (Å²) in [6, 6.07) is 7.20. The van der Waals surface area contributed by atoms with Crippen molar-refractivity contribution in [1.82, 2.24) is 15.5 Å². The first kappa shape index (κ1) is 18.7. The van der Waals surface area contributed by atoms with Crippen LogP contribution in [0.3, 0.4) is 0 Å². The molecule has 1 aromatic rings. The molecule has 2 fully saturated rings. The maximum Gasteiger partial charge on any atom is 0.319 e. The van der Waals surface area contributed by atoms with Gasteiger partial charge in [-0.15, -0.1) is 0 Å². The zero-order valence-electron chi connectivity index (χ0n) is 15.8. The van der Waals surface area contributed by atoms with Crippen LogP contribution in [0.5, 0.6) is 0 Å². The number of nitrogens with one attached hydrogen (secondary N) is 3. The Kier molecular flexibility index (Phi) is 6.14. The Morgan fingerprint density at radius 2 is 1.77 bits per heavy atom. The molecule has 6 heteroatoms. The van der Waals surface area contributed by atoms with Crippen LogP contribution in [0.25, 0.3) is 0 Å². The van der Waals surface area contributed by atoms with E-state index in [0.717, 1.165) is 31.8 Å². The molecule has 3 N–H and O–H groups in total. The second-order valence-corrected chi connectivity index (χ2v) is 7.34. The molecule has 1 saturated heterocycles. The maximum absolute atomic E-state index is 12.3. The molecular weight excluding hydrogens is 328 g/mol. The molecule has 2 aliphatic rings. The number of fused-ring (bicyclic) bond motifs is 1. The van der Waals surface area contributed by atoms with Gasteiger partial charge in [0.1, 0.15) is 0 Å². The number of urea groups is 1. The van der Waals surface area contributed by atoms with Crippen LogP contribution in [-0.4, -0.2) is 49.1 Å². The number of hydrogen-bond donors (Lipinski definition) is 3. The van der Waals surface area contributed by atoms with Crippen molar-refractivity contribution in [2.75, 3.05) is 31.5 Å². The van der Waals surface area contributed by atoms with E-state index in [-0.39, 0.29) is 18.0 Å². The van der Waals surface area contributed by atoms with Gasteiger partial charge in [-0.2, -0.15) is 0 Å². The maximum atomic E-state index is 12.3. The van der Waals surface area contributed by atoms with Crippen LogP contribution in [0.1, 0.15) is 43.5 Å². The Hall–Kier alpha value is -2.08. The second kappa shape index (κ2) is 8.54. The monoisotopic (exact) mass is 358 g/mol. The van der Waals surface area contributed by atoms with Gasteiger partial charge in [-0.05, 0) is 82.3 Å². The minimum atomic E-state index is -0.165. The highest BCUT2D eigenvalue weighted by atomic mass is 16.2. The zero-order valence-corrected chi connectivity index (χ0v) is 15.8. The minimum Gasteiger partial charge on any atom is -0.339 e. The lowest BCUT2D eigenvalue weighted by Crippen LogP contribution is -2.42. The van der Waals surface area contributed by atoms with E-state index < -0.39 is 0 Å². The molecule has 3 rings (SSSR count). The molecule has 3 unspecified atom stereocenters. The Bertz CT molecular complexity index is 627. The van der Waals surface area contributed by atoms with Crippen molar-refractivity contribution < 1.29 is 9.59 Å². The molecule has 1 aliphatic carbocycles. The predicted octanol–water partition coefficient (Wildman–Crippen LogP) is 2.68. The third-order valence-corrected chi connectivity index (χ3v) is 5.73. The lowest BCUT2D eigenvalue weighted by molar-refractivity contribution is 0.0773. The molecule has 1 aromatic carbocycles. The van der Waals surface area contributed by atoms with Crippen LogP contribution in [0.4, 0.5) is 10.5 Å². The Morgan fingerprint density at radius 3 is 2.46 bits per heavy atom. The van der Waals surface area contributed by atoms with E-state index in [1.165, 1.54) is 6.42 Å². The Labute approximate surface area is 155 Å². The molecule has 1 aliphatic heterocycles. The van der Waals surface area contributed by atoms with E-state index >= 15 is 0 Å². The van der Waals surface area contributed by atoms with Crippen molar-refractivity contribution in [2.24, 2.45) is 11.8 Å². The first-order valence-corrected chi connectivity index (χ1v) is 9.78. The summed E-state index contributed by atoms with van der Waals surface area (Å²) >= 11 is 0. The topological polar surface area (TPSA) is 73.5 Å². The van der Waals surface area contributed by atoms with Crippen molar-refractivity contribution >= 4 is 17.6 Å². The van der Waals surface area contributed by atoms with E-state index in [0.29, 0.717) is 30.3 Å².